The molecule has 4 nitrogen and oxygen atoms in total. The lowest BCUT2D eigenvalue weighted by Crippen LogP contribution is -2.23. The van der Waals surface area contributed by atoms with Crippen LogP contribution in [0.2, 0.25) is 0 Å². The van der Waals surface area contributed by atoms with Crippen LogP contribution >= 0.6 is 0 Å². The number of hydrogen-bond acceptors (Lipinski definition) is 4. The molecule has 0 saturated carbocycles. The Balaban J connectivity index is 4.31. The van der Waals surface area contributed by atoms with Crippen LogP contribution in [0.4, 0.5) is 0 Å². The van der Waals surface area contributed by atoms with Crippen molar-refractivity contribution in [1.29, 1.82) is 0 Å². The summed E-state index contributed by atoms with van der Waals surface area (Å²) in [6, 6.07) is 0. The van der Waals surface area contributed by atoms with Crippen LogP contribution < -0.4 is 0 Å². The number of carbonyl (C=O) groups is 2. The third-order valence-corrected chi connectivity index (χ3v) is 2.62. The fourth-order valence-electron chi connectivity index (χ4n) is 1.77. The number of esters is 2. The van der Waals surface area contributed by atoms with Gasteiger partial charge in [-0.15, -0.1) is 0 Å². The van der Waals surface area contributed by atoms with Gasteiger partial charge >= 0.3 is 11.9 Å². The molecule has 0 aromatic carbocycles. The quantitative estimate of drug-likeness (QED) is 0.502. The molecular formula is C15H26O4. The fourth-order valence-corrected chi connectivity index (χ4v) is 1.77. The predicted molar refractivity (Wildman–Crippen MR) is 74.6 cm³/mol. The molecule has 0 spiro atoms. The maximum atomic E-state index is 11.6. The SMILES string of the molecule is C=C(C)C(=O)OC(CCC(C)OC(C)=O)CC(C)C. The van der Waals surface area contributed by atoms with E-state index < -0.39 is 0 Å². The van der Waals surface area contributed by atoms with E-state index in [2.05, 4.69) is 20.4 Å². The van der Waals surface area contributed by atoms with Gasteiger partial charge in [0.1, 0.15) is 6.10 Å². The van der Waals surface area contributed by atoms with Gasteiger partial charge in [0.25, 0.3) is 0 Å². The first-order chi connectivity index (χ1) is 8.72. The van der Waals surface area contributed by atoms with Crippen LogP contribution in [0.3, 0.4) is 0 Å². The standard InChI is InChI=1S/C15H26O4/c1-10(2)9-14(19-15(17)11(3)4)8-7-12(5)18-13(6)16/h10,12,14H,3,7-9H2,1-2,4-6H3. The van der Waals surface area contributed by atoms with E-state index >= 15 is 0 Å². The van der Waals surface area contributed by atoms with Crippen LogP contribution in [0.5, 0.6) is 0 Å². The highest BCUT2D eigenvalue weighted by Gasteiger charge is 2.18. The molecule has 0 amide bonds. The monoisotopic (exact) mass is 270 g/mol. The molecule has 0 fully saturated rings. The number of carbonyl (C=O) groups excluding carboxylic acids is 2. The van der Waals surface area contributed by atoms with Crippen molar-refractivity contribution in [2.24, 2.45) is 5.92 Å². The predicted octanol–water partition coefficient (Wildman–Crippen LogP) is 3.25. The molecule has 0 aliphatic carbocycles. The average molecular weight is 270 g/mol. The summed E-state index contributed by atoms with van der Waals surface area (Å²) < 4.78 is 10.5. The van der Waals surface area contributed by atoms with Gasteiger partial charge < -0.3 is 9.47 Å². The summed E-state index contributed by atoms with van der Waals surface area (Å²) in [6.07, 6.45) is 1.86. The minimum absolute atomic E-state index is 0.151. The summed E-state index contributed by atoms with van der Waals surface area (Å²) in [5.74, 6) is -0.204. The maximum Gasteiger partial charge on any atom is 0.333 e. The first-order valence-corrected chi connectivity index (χ1v) is 6.76. The van der Waals surface area contributed by atoms with Crippen molar-refractivity contribution in [3.8, 4) is 0 Å². The van der Waals surface area contributed by atoms with Gasteiger partial charge in [0.15, 0.2) is 0 Å². The Kier molecular flexibility index (Phi) is 8.12. The Labute approximate surface area is 116 Å². The molecular weight excluding hydrogens is 244 g/mol. The van der Waals surface area contributed by atoms with E-state index in [9.17, 15) is 9.59 Å². The minimum atomic E-state index is -0.356. The summed E-state index contributed by atoms with van der Waals surface area (Å²) >= 11 is 0. The van der Waals surface area contributed by atoms with E-state index in [1.54, 1.807) is 6.92 Å². The fraction of sp³-hybridized carbons (Fsp3) is 0.733. The molecule has 19 heavy (non-hydrogen) atoms. The Hall–Kier alpha value is -1.32. The van der Waals surface area contributed by atoms with Gasteiger partial charge in [0, 0.05) is 12.5 Å². The van der Waals surface area contributed by atoms with Crippen molar-refractivity contribution < 1.29 is 19.1 Å². The second-order valence-corrected chi connectivity index (χ2v) is 5.43. The zero-order valence-electron chi connectivity index (χ0n) is 12.7. The molecule has 0 saturated heterocycles. The van der Waals surface area contributed by atoms with Crippen molar-refractivity contribution in [2.75, 3.05) is 0 Å². The summed E-state index contributed by atoms with van der Waals surface area (Å²) in [5.41, 5.74) is 0.404. The van der Waals surface area contributed by atoms with Gasteiger partial charge in [-0.1, -0.05) is 20.4 Å². The molecule has 4 heteroatoms. The Morgan fingerprint density at radius 1 is 1.05 bits per heavy atom. The van der Waals surface area contributed by atoms with Gasteiger partial charge in [0.05, 0.1) is 6.10 Å². The van der Waals surface area contributed by atoms with E-state index in [-0.39, 0.29) is 24.1 Å². The number of rotatable bonds is 8. The van der Waals surface area contributed by atoms with Crippen LogP contribution in [0.15, 0.2) is 12.2 Å². The number of hydrogen-bond donors (Lipinski definition) is 0. The normalized spacial score (nSPS) is 13.8. The second kappa shape index (κ2) is 8.73. The summed E-state index contributed by atoms with van der Waals surface area (Å²) in [7, 11) is 0. The van der Waals surface area contributed by atoms with Gasteiger partial charge in [-0.3, -0.25) is 4.79 Å². The average Bonchev–Trinajstić information content (AvgIpc) is 2.23. The van der Waals surface area contributed by atoms with Crippen LogP contribution in [-0.2, 0) is 19.1 Å². The van der Waals surface area contributed by atoms with Gasteiger partial charge in [-0.25, -0.2) is 4.79 Å². The van der Waals surface area contributed by atoms with Crippen molar-refractivity contribution in [3.63, 3.8) is 0 Å². The van der Waals surface area contributed by atoms with E-state index in [0.717, 1.165) is 6.42 Å². The molecule has 0 aromatic rings. The Bertz CT molecular complexity index is 320. The lowest BCUT2D eigenvalue weighted by molar-refractivity contribution is -0.149. The largest absolute Gasteiger partial charge is 0.463 e. The van der Waals surface area contributed by atoms with Crippen molar-refractivity contribution in [3.05, 3.63) is 12.2 Å². The van der Waals surface area contributed by atoms with Gasteiger partial charge in [-0.05, 0) is 39.0 Å². The highest BCUT2D eigenvalue weighted by atomic mass is 16.5. The van der Waals surface area contributed by atoms with Gasteiger partial charge in [0.2, 0.25) is 0 Å². The number of ether oxygens (including phenoxy) is 2. The lowest BCUT2D eigenvalue weighted by atomic mass is 10.0. The highest BCUT2D eigenvalue weighted by molar-refractivity contribution is 5.87. The second-order valence-electron chi connectivity index (χ2n) is 5.43. The zero-order chi connectivity index (χ0) is 15.0. The Morgan fingerprint density at radius 3 is 2.05 bits per heavy atom. The summed E-state index contributed by atoms with van der Waals surface area (Å²) in [5, 5.41) is 0. The minimum Gasteiger partial charge on any atom is -0.463 e. The molecule has 0 aromatic heterocycles. The molecule has 0 bridgehead atoms. The first-order valence-electron chi connectivity index (χ1n) is 6.76. The summed E-state index contributed by atoms with van der Waals surface area (Å²) in [4.78, 5) is 22.4. The highest BCUT2D eigenvalue weighted by Crippen LogP contribution is 2.17. The lowest BCUT2D eigenvalue weighted by Gasteiger charge is -2.21. The maximum absolute atomic E-state index is 11.6. The van der Waals surface area contributed by atoms with Crippen molar-refractivity contribution in [1.82, 2.24) is 0 Å². The molecule has 0 N–H and O–H groups in total. The third-order valence-electron chi connectivity index (χ3n) is 2.62. The molecule has 0 aliphatic rings. The molecule has 2 unspecified atom stereocenters. The van der Waals surface area contributed by atoms with Gasteiger partial charge in [-0.2, -0.15) is 0 Å². The van der Waals surface area contributed by atoms with E-state index in [1.165, 1.54) is 6.92 Å². The summed E-state index contributed by atoms with van der Waals surface area (Å²) in [6.45, 7) is 12.6. The molecule has 0 aliphatic heterocycles. The van der Waals surface area contributed by atoms with Crippen molar-refractivity contribution in [2.45, 2.75) is 66.1 Å². The van der Waals surface area contributed by atoms with Crippen LogP contribution in [-0.4, -0.2) is 24.1 Å². The smallest absolute Gasteiger partial charge is 0.333 e. The van der Waals surface area contributed by atoms with E-state index in [4.69, 9.17) is 9.47 Å². The molecule has 0 heterocycles. The molecule has 0 rings (SSSR count). The van der Waals surface area contributed by atoms with Crippen LogP contribution in [0.25, 0.3) is 0 Å². The zero-order valence-corrected chi connectivity index (χ0v) is 12.7. The van der Waals surface area contributed by atoms with Crippen LogP contribution in [0.1, 0.15) is 53.9 Å². The topological polar surface area (TPSA) is 52.6 Å². The Morgan fingerprint density at radius 2 is 1.63 bits per heavy atom. The van der Waals surface area contributed by atoms with E-state index in [0.29, 0.717) is 24.3 Å². The third kappa shape index (κ3) is 9.28. The van der Waals surface area contributed by atoms with Crippen molar-refractivity contribution >= 4 is 11.9 Å². The van der Waals surface area contributed by atoms with E-state index in [1.807, 2.05) is 6.92 Å². The van der Waals surface area contributed by atoms with Crippen LogP contribution in [0, 0.1) is 5.92 Å². The molecule has 0 radical (unpaired) electrons. The molecule has 2 atom stereocenters. The first kappa shape index (κ1) is 17.7. The molecule has 110 valence electrons.